The summed E-state index contributed by atoms with van der Waals surface area (Å²) in [6.07, 6.45) is 7.45. The molecular formula is C18H23FN4O. The van der Waals surface area contributed by atoms with Crippen molar-refractivity contribution in [2.24, 2.45) is 5.92 Å². The number of amides is 1. The van der Waals surface area contributed by atoms with E-state index in [9.17, 15) is 9.18 Å². The largest absolute Gasteiger partial charge is 0.341 e. The van der Waals surface area contributed by atoms with Crippen molar-refractivity contribution in [3.63, 3.8) is 0 Å². The minimum absolute atomic E-state index is 0.0660. The van der Waals surface area contributed by atoms with Crippen LogP contribution >= 0.6 is 0 Å². The third-order valence-electron chi connectivity index (χ3n) is 4.85. The zero-order valence-electron chi connectivity index (χ0n) is 14.2. The first-order chi connectivity index (χ1) is 11.5. The van der Waals surface area contributed by atoms with Crippen LogP contribution in [0.3, 0.4) is 0 Å². The van der Waals surface area contributed by atoms with Crippen molar-refractivity contribution in [3.8, 4) is 11.4 Å². The Morgan fingerprint density at radius 1 is 1.25 bits per heavy atom. The smallest absolute Gasteiger partial charge is 0.244 e. The molecule has 1 fully saturated rings. The van der Waals surface area contributed by atoms with Crippen molar-refractivity contribution in [1.82, 2.24) is 19.7 Å². The maximum absolute atomic E-state index is 12.9. The Bertz CT molecular complexity index is 689. The van der Waals surface area contributed by atoms with Crippen LogP contribution < -0.4 is 0 Å². The zero-order chi connectivity index (χ0) is 17.1. The van der Waals surface area contributed by atoms with Gasteiger partial charge in [-0.05, 0) is 49.8 Å². The quantitative estimate of drug-likeness (QED) is 0.865. The lowest BCUT2D eigenvalue weighted by atomic mass is 9.87. The number of hydrogen-bond donors (Lipinski definition) is 0. The molecular weight excluding hydrogens is 307 g/mol. The van der Waals surface area contributed by atoms with Crippen LogP contribution in [-0.4, -0.2) is 38.7 Å². The highest BCUT2D eigenvalue weighted by molar-refractivity contribution is 5.76. The van der Waals surface area contributed by atoms with E-state index in [1.807, 2.05) is 11.9 Å². The van der Waals surface area contributed by atoms with E-state index in [1.165, 1.54) is 18.9 Å². The average Bonchev–Trinajstić information content (AvgIpc) is 3.04. The zero-order valence-corrected chi connectivity index (χ0v) is 14.2. The summed E-state index contributed by atoms with van der Waals surface area (Å²) in [6.45, 7) is 2.48. The molecule has 0 spiro atoms. The molecule has 0 saturated heterocycles. The van der Waals surface area contributed by atoms with Crippen molar-refractivity contribution < 1.29 is 9.18 Å². The molecule has 24 heavy (non-hydrogen) atoms. The van der Waals surface area contributed by atoms with Gasteiger partial charge in [-0.1, -0.05) is 6.92 Å². The summed E-state index contributed by atoms with van der Waals surface area (Å²) in [5.41, 5.74) is 1.23. The lowest BCUT2D eigenvalue weighted by molar-refractivity contribution is -0.133. The first kappa shape index (κ1) is 16.6. The van der Waals surface area contributed by atoms with Gasteiger partial charge in [0, 0.05) is 19.3 Å². The summed E-state index contributed by atoms with van der Waals surface area (Å²) in [6, 6.07) is 5.06. The number of halogens is 1. The van der Waals surface area contributed by atoms with Gasteiger partial charge in [-0.15, -0.1) is 0 Å². The first-order valence-electron chi connectivity index (χ1n) is 8.44. The van der Waals surface area contributed by atoms with Gasteiger partial charge in [0.1, 0.15) is 18.1 Å². The molecule has 1 aliphatic rings. The molecule has 6 heteroatoms. The SMILES string of the molecule is CC1CCC(N(C)C(=O)Cn2ccc(-c3ccc(F)cn3)n2)CC1. The van der Waals surface area contributed by atoms with E-state index in [-0.39, 0.29) is 18.3 Å². The van der Waals surface area contributed by atoms with Crippen molar-refractivity contribution >= 4 is 5.91 Å². The van der Waals surface area contributed by atoms with Crippen LogP contribution in [0.15, 0.2) is 30.6 Å². The maximum Gasteiger partial charge on any atom is 0.244 e. The molecule has 1 amide bonds. The Kier molecular flexibility index (Phi) is 4.92. The molecule has 0 atom stereocenters. The van der Waals surface area contributed by atoms with Gasteiger partial charge in [0.05, 0.1) is 11.9 Å². The second kappa shape index (κ2) is 7.11. The van der Waals surface area contributed by atoms with E-state index in [0.717, 1.165) is 25.0 Å². The molecule has 5 nitrogen and oxygen atoms in total. The van der Waals surface area contributed by atoms with Gasteiger partial charge in [-0.25, -0.2) is 4.39 Å². The lowest BCUT2D eigenvalue weighted by Gasteiger charge is -2.33. The highest BCUT2D eigenvalue weighted by Gasteiger charge is 2.24. The molecule has 0 aromatic carbocycles. The molecule has 1 aliphatic carbocycles. The Balaban J connectivity index is 1.61. The molecule has 3 rings (SSSR count). The van der Waals surface area contributed by atoms with Crippen LogP contribution in [-0.2, 0) is 11.3 Å². The van der Waals surface area contributed by atoms with Crippen LogP contribution in [0.2, 0.25) is 0 Å². The molecule has 1 saturated carbocycles. The van der Waals surface area contributed by atoms with E-state index in [4.69, 9.17) is 0 Å². The maximum atomic E-state index is 12.9. The summed E-state index contributed by atoms with van der Waals surface area (Å²) < 4.78 is 14.5. The van der Waals surface area contributed by atoms with Crippen LogP contribution in [0.4, 0.5) is 4.39 Å². The highest BCUT2D eigenvalue weighted by atomic mass is 19.1. The fourth-order valence-electron chi connectivity index (χ4n) is 3.20. The number of carbonyl (C=O) groups is 1. The fourth-order valence-corrected chi connectivity index (χ4v) is 3.20. The number of likely N-dealkylation sites (N-methyl/N-ethyl adjacent to an activating group) is 1. The van der Waals surface area contributed by atoms with Crippen molar-refractivity contribution in [2.45, 2.75) is 45.2 Å². The molecule has 0 N–H and O–H groups in total. The summed E-state index contributed by atoms with van der Waals surface area (Å²) in [7, 11) is 1.88. The van der Waals surface area contributed by atoms with E-state index in [0.29, 0.717) is 17.4 Å². The van der Waals surface area contributed by atoms with E-state index in [2.05, 4.69) is 17.0 Å². The summed E-state index contributed by atoms with van der Waals surface area (Å²) in [5, 5.41) is 4.37. The molecule has 2 aromatic heterocycles. The van der Waals surface area contributed by atoms with E-state index < -0.39 is 0 Å². The average molecular weight is 330 g/mol. The molecule has 0 aliphatic heterocycles. The van der Waals surface area contributed by atoms with Crippen LogP contribution in [0.25, 0.3) is 11.4 Å². The third kappa shape index (κ3) is 3.80. The van der Waals surface area contributed by atoms with Gasteiger partial charge >= 0.3 is 0 Å². The van der Waals surface area contributed by atoms with E-state index >= 15 is 0 Å². The summed E-state index contributed by atoms with van der Waals surface area (Å²) in [5.74, 6) is 0.453. The van der Waals surface area contributed by atoms with Gasteiger partial charge in [0.15, 0.2) is 0 Å². The summed E-state index contributed by atoms with van der Waals surface area (Å²) in [4.78, 5) is 18.4. The number of aromatic nitrogens is 3. The monoisotopic (exact) mass is 330 g/mol. The van der Waals surface area contributed by atoms with Crippen molar-refractivity contribution in [2.75, 3.05) is 7.05 Å². The number of nitrogens with zero attached hydrogens (tertiary/aromatic N) is 4. The van der Waals surface area contributed by atoms with Gasteiger partial charge in [0.25, 0.3) is 0 Å². The fraction of sp³-hybridized carbons (Fsp3) is 0.500. The Morgan fingerprint density at radius 3 is 2.67 bits per heavy atom. The number of pyridine rings is 1. The minimum Gasteiger partial charge on any atom is -0.341 e. The normalized spacial score (nSPS) is 20.8. The predicted octanol–water partition coefficient (Wildman–Crippen LogP) is 3.12. The van der Waals surface area contributed by atoms with Crippen LogP contribution in [0.1, 0.15) is 32.6 Å². The van der Waals surface area contributed by atoms with Crippen LogP contribution in [0, 0.1) is 11.7 Å². The van der Waals surface area contributed by atoms with Crippen LogP contribution in [0.5, 0.6) is 0 Å². The highest BCUT2D eigenvalue weighted by Crippen LogP contribution is 2.26. The first-order valence-corrected chi connectivity index (χ1v) is 8.44. The van der Waals surface area contributed by atoms with Crippen molar-refractivity contribution in [3.05, 3.63) is 36.4 Å². The molecule has 128 valence electrons. The topological polar surface area (TPSA) is 51.0 Å². The predicted molar refractivity (Wildman–Crippen MR) is 89.6 cm³/mol. The molecule has 2 aromatic rings. The Hall–Kier alpha value is -2.24. The molecule has 2 heterocycles. The standard InChI is InChI=1S/C18H23FN4O/c1-13-3-6-15(7-4-13)22(2)18(24)12-23-10-9-17(21-23)16-8-5-14(19)11-20-16/h5,8-11,13,15H,3-4,6-7,12H2,1-2H3. The van der Waals surface area contributed by atoms with Gasteiger partial charge in [0.2, 0.25) is 5.91 Å². The lowest BCUT2D eigenvalue weighted by Crippen LogP contribution is -2.41. The van der Waals surface area contributed by atoms with Crippen molar-refractivity contribution in [1.29, 1.82) is 0 Å². The molecule has 0 unspecified atom stereocenters. The second-order valence-corrected chi connectivity index (χ2v) is 6.68. The van der Waals surface area contributed by atoms with Gasteiger partial charge < -0.3 is 4.90 Å². The van der Waals surface area contributed by atoms with Gasteiger partial charge in [-0.2, -0.15) is 5.10 Å². The molecule has 0 bridgehead atoms. The minimum atomic E-state index is -0.378. The number of rotatable bonds is 4. The summed E-state index contributed by atoms with van der Waals surface area (Å²) >= 11 is 0. The number of hydrogen-bond acceptors (Lipinski definition) is 3. The third-order valence-corrected chi connectivity index (χ3v) is 4.85. The Labute approximate surface area is 141 Å². The number of carbonyl (C=O) groups excluding carboxylic acids is 1. The van der Waals surface area contributed by atoms with E-state index in [1.54, 1.807) is 23.0 Å². The molecule has 0 radical (unpaired) electrons. The Morgan fingerprint density at radius 2 is 2.00 bits per heavy atom. The van der Waals surface area contributed by atoms with Gasteiger partial charge in [-0.3, -0.25) is 14.5 Å². The second-order valence-electron chi connectivity index (χ2n) is 6.68.